The Hall–Kier alpha value is -2.42. The molecule has 2 N–H and O–H groups in total. The average Bonchev–Trinajstić information content (AvgIpc) is 3.63. The molecule has 5 rings (SSSR count). The summed E-state index contributed by atoms with van der Waals surface area (Å²) in [6.45, 7) is 1.76. The number of aliphatic hydroxyl groups excluding tert-OH is 2. The zero-order valence-corrected chi connectivity index (χ0v) is 20.6. The maximum atomic E-state index is 9.88. The molecule has 0 heterocycles. The van der Waals surface area contributed by atoms with E-state index in [1.165, 1.54) is 11.1 Å². The van der Waals surface area contributed by atoms with E-state index in [1.807, 2.05) is 78.9 Å². The predicted molar refractivity (Wildman–Crippen MR) is 128 cm³/mol. The van der Waals surface area contributed by atoms with Gasteiger partial charge in [0, 0.05) is 40.2 Å². The molecule has 0 radical (unpaired) electrons. The maximum Gasteiger partial charge on any atom is 0.0602 e. The molecule has 0 amide bonds. The van der Waals surface area contributed by atoms with Crippen molar-refractivity contribution in [3.63, 3.8) is 0 Å². The molecule has 0 fully saturated rings. The van der Waals surface area contributed by atoms with Gasteiger partial charge in [0.15, 0.2) is 0 Å². The van der Waals surface area contributed by atoms with Crippen LogP contribution >= 0.6 is 0 Å². The van der Waals surface area contributed by atoms with Crippen LogP contribution < -0.4 is 0 Å². The smallest absolute Gasteiger partial charge is 0.0602 e. The van der Waals surface area contributed by atoms with Gasteiger partial charge in [-0.25, -0.2) is 24.3 Å². The van der Waals surface area contributed by atoms with Crippen LogP contribution in [0.5, 0.6) is 0 Å². The summed E-state index contributed by atoms with van der Waals surface area (Å²) < 4.78 is 0. The number of aliphatic hydroxyl groups is 2. The number of benzene rings is 1. The molecular weight excluding hydrogens is 492 g/mol. The Balaban J connectivity index is 0.000000247. The molecule has 0 aliphatic heterocycles. The summed E-state index contributed by atoms with van der Waals surface area (Å²) in [5.41, 5.74) is 5.50. The molecule has 5 aromatic carbocycles. The topological polar surface area (TPSA) is 40.5 Å². The van der Waals surface area contributed by atoms with Crippen molar-refractivity contribution in [1.82, 2.24) is 0 Å². The Kier molecular flexibility index (Phi) is 13.4. The fourth-order valence-electron chi connectivity index (χ4n) is 3.20. The minimum absolute atomic E-state index is 0. The standard InChI is InChI=1S/C12H11O.C10H8.C7H9O.2Fe/c13-12(11-8-4-5-9-11)10-6-2-1-3-7-10;1-2-6-9(5-1)10-7-3-4-8-10;1-6(8)7-4-2-3-5-7;;/h1-9,12-13H;1-8H;2-6,8H,1H3;;/q-1;-2;-1;;. The minimum Gasteiger partial charge on any atom is -0.401 e. The second kappa shape index (κ2) is 15.4. The molecule has 2 unspecified atom stereocenters. The first-order valence-electron chi connectivity index (χ1n) is 10.4. The Morgan fingerprint density at radius 2 is 0.879 bits per heavy atom. The van der Waals surface area contributed by atoms with E-state index < -0.39 is 6.10 Å². The van der Waals surface area contributed by atoms with Gasteiger partial charge in [0.25, 0.3) is 0 Å². The van der Waals surface area contributed by atoms with Crippen LogP contribution in [0.3, 0.4) is 0 Å². The van der Waals surface area contributed by atoms with Crippen molar-refractivity contribution in [2.24, 2.45) is 0 Å². The molecule has 2 nitrogen and oxygen atoms in total. The third kappa shape index (κ3) is 9.15. The van der Waals surface area contributed by atoms with Gasteiger partial charge in [-0.2, -0.15) is 83.9 Å². The Morgan fingerprint density at radius 1 is 0.515 bits per heavy atom. The second-order valence-electron chi connectivity index (χ2n) is 7.27. The summed E-state index contributed by atoms with van der Waals surface area (Å²) >= 11 is 0. The zero-order chi connectivity index (χ0) is 21.9. The van der Waals surface area contributed by atoms with E-state index in [4.69, 9.17) is 5.11 Å². The van der Waals surface area contributed by atoms with Crippen molar-refractivity contribution in [3.8, 4) is 11.1 Å². The normalized spacial score (nSPS) is 11.4. The molecule has 0 saturated carbocycles. The van der Waals surface area contributed by atoms with Crippen LogP contribution in [0.4, 0.5) is 0 Å². The van der Waals surface area contributed by atoms with Crippen LogP contribution in [0, 0.1) is 0 Å². The molecule has 0 spiro atoms. The molecule has 176 valence electrons. The Morgan fingerprint density at radius 3 is 1.24 bits per heavy atom. The third-order valence-electron chi connectivity index (χ3n) is 4.95. The van der Waals surface area contributed by atoms with E-state index in [0.29, 0.717) is 0 Å². The van der Waals surface area contributed by atoms with E-state index >= 15 is 0 Å². The van der Waals surface area contributed by atoms with Crippen molar-refractivity contribution in [1.29, 1.82) is 0 Å². The van der Waals surface area contributed by atoms with Gasteiger partial charge in [-0.15, -0.1) is 11.1 Å². The monoisotopic (exact) mass is 520 g/mol. The number of rotatable bonds is 4. The van der Waals surface area contributed by atoms with Gasteiger partial charge in [-0.05, 0) is 12.5 Å². The molecule has 0 saturated heterocycles. The van der Waals surface area contributed by atoms with Gasteiger partial charge in [-0.3, -0.25) is 0 Å². The summed E-state index contributed by atoms with van der Waals surface area (Å²) in [7, 11) is 0. The van der Waals surface area contributed by atoms with Crippen LogP contribution in [-0.2, 0) is 34.1 Å². The van der Waals surface area contributed by atoms with E-state index in [-0.39, 0.29) is 40.2 Å². The predicted octanol–water partition coefficient (Wildman–Crippen LogP) is 6.73. The van der Waals surface area contributed by atoms with E-state index in [9.17, 15) is 5.11 Å². The molecule has 0 aromatic heterocycles. The summed E-state index contributed by atoms with van der Waals surface area (Å²) in [6, 6.07) is 41.8. The third-order valence-corrected chi connectivity index (χ3v) is 4.95. The average molecular weight is 520 g/mol. The zero-order valence-electron chi connectivity index (χ0n) is 18.4. The molecular formula is C29H28Fe2O2-4. The molecule has 2 atom stereocenters. The van der Waals surface area contributed by atoms with Crippen LogP contribution in [0.15, 0.2) is 127 Å². The fourth-order valence-corrected chi connectivity index (χ4v) is 3.20. The minimum atomic E-state index is -0.490. The van der Waals surface area contributed by atoms with Gasteiger partial charge in [0.2, 0.25) is 0 Å². The van der Waals surface area contributed by atoms with E-state index in [1.54, 1.807) is 6.92 Å². The molecule has 4 heteroatoms. The van der Waals surface area contributed by atoms with E-state index in [2.05, 4.69) is 48.5 Å². The summed E-state index contributed by atoms with van der Waals surface area (Å²) in [5, 5.41) is 18.8. The summed E-state index contributed by atoms with van der Waals surface area (Å²) in [6.07, 6.45) is -0.804. The molecule has 0 bridgehead atoms. The molecule has 33 heavy (non-hydrogen) atoms. The van der Waals surface area contributed by atoms with Crippen molar-refractivity contribution < 1.29 is 44.4 Å². The van der Waals surface area contributed by atoms with Gasteiger partial charge in [0.1, 0.15) is 0 Å². The first-order chi connectivity index (χ1) is 15.1. The molecule has 0 aliphatic carbocycles. The number of hydrogen-bond acceptors (Lipinski definition) is 2. The molecule has 5 aromatic rings. The van der Waals surface area contributed by atoms with Crippen LogP contribution in [0.1, 0.15) is 35.8 Å². The first kappa shape index (κ1) is 28.6. The van der Waals surface area contributed by atoms with E-state index in [0.717, 1.165) is 16.7 Å². The van der Waals surface area contributed by atoms with Gasteiger partial charge in [-0.1, -0.05) is 30.3 Å². The fraction of sp³-hybridized carbons (Fsp3) is 0.103. The van der Waals surface area contributed by atoms with Crippen molar-refractivity contribution in [2.45, 2.75) is 19.1 Å². The first-order valence-corrected chi connectivity index (χ1v) is 10.4. The SMILES string of the molecule is CC(O)[c-]1cccc1.OC(c1ccccc1)[c-]1cccc1.[Fe].[Fe].c1cc[c-](-[c-]2cccc2)c1. The largest absolute Gasteiger partial charge is 0.401 e. The van der Waals surface area contributed by atoms with Crippen molar-refractivity contribution in [3.05, 3.63) is 144 Å². The van der Waals surface area contributed by atoms with Crippen LogP contribution in [0.25, 0.3) is 11.1 Å². The van der Waals surface area contributed by atoms with Gasteiger partial charge >= 0.3 is 0 Å². The maximum absolute atomic E-state index is 9.88. The second-order valence-corrected chi connectivity index (χ2v) is 7.27. The molecule has 0 aliphatic rings. The summed E-state index contributed by atoms with van der Waals surface area (Å²) in [4.78, 5) is 0. The Bertz CT molecular complexity index is 1010. The van der Waals surface area contributed by atoms with Crippen molar-refractivity contribution >= 4 is 0 Å². The quantitative estimate of drug-likeness (QED) is 0.204. The van der Waals surface area contributed by atoms with Crippen LogP contribution in [0.2, 0.25) is 0 Å². The van der Waals surface area contributed by atoms with Crippen LogP contribution in [-0.4, -0.2) is 10.2 Å². The number of hydrogen-bond donors (Lipinski definition) is 2. The summed E-state index contributed by atoms with van der Waals surface area (Å²) in [5.74, 6) is 0. The van der Waals surface area contributed by atoms with Gasteiger partial charge in [0.05, 0.1) is 6.10 Å². The van der Waals surface area contributed by atoms with Gasteiger partial charge < -0.3 is 10.2 Å². The Labute approximate surface area is 218 Å². The van der Waals surface area contributed by atoms with Crippen molar-refractivity contribution in [2.75, 3.05) is 0 Å².